The molecule has 1 saturated heterocycles. The molecule has 46 heavy (non-hydrogen) atoms. The van der Waals surface area contributed by atoms with E-state index in [1.807, 2.05) is 48.5 Å². The molecular weight excluding hydrogens is 629 g/mol. The van der Waals surface area contributed by atoms with Gasteiger partial charge in [-0.05, 0) is 39.7 Å². The van der Waals surface area contributed by atoms with Crippen LogP contribution in [0, 0.1) is 0 Å². The number of rotatable bonds is 10. The van der Waals surface area contributed by atoms with Gasteiger partial charge in [0.2, 0.25) is 0 Å². The molecule has 0 aliphatic carbocycles. The van der Waals surface area contributed by atoms with E-state index in [0.29, 0.717) is 13.0 Å². The summed E-state index contributed by atoms with van der Waals surface area (Å²) in [6.45, 7) is 7.13. The number of nitrogens with zero attached hydrogens (tertiary/aromatic N) is 1. The second-order valence-corrected chi connectivity index (χ2v) is 19.8. The van der Waals surface area contributed by atoms with Crippen LogP contribution in [0.3, 0.4) is 0 Å². The Labute approximate surface area is 279 Å². The van der Waals surface area contributed by atoms with Crippen molar-refractivity contribution in [2.24, 2.45) is 0 Å². The number of aromatic nitrogens is 2. The average Bonchev–Trinajstić information content (AvgIpc) is 3.39. The molecule has 1 N–H and O–H groups in total. The first-order valence-electron chi connectivity index (χ1n) is 15.4. The first-order chi connectivity index (χ1) is 22.2. The van der Waals surface area contributed by atoms with Crippen LogP contribution in [0.4, 0.5) is 0 Å². The van der Waals surface area contributed by atoms with Crippen LogP contribution in [0.15, 0.2) is 153 Å². The van der Waals surface area contributed by atoms with Crippen molar-refractivity contribution >= 4 is 42.2 Å². The minimum absolute atomic E-state index is 0.196. The zero-order valence-electron chi connectivity index (χ0n) is 26.2. The Bertz CT molecular complexity index is 1760. The van der Waals surface area contributed by atoms with Crippen LogP contribution in [-0.2, 0) is 9.16 Å². The third-order valence-corrected chi connectivity index (χ3v) is 16.2. The summed E-state index contributed by atoms with van der Waals surface area (Å²) >= 11 is 3.37. The maximum atomic E-state index is 13.3. The number of H-pyrrole nitrogens is 1. The standard InChI is InChI=1S/C37H38N2O4S2Si/c1-36(2,3)46(31-20-12-6-13-21-31,32-22-14-7-15-23-32)42-27-28-26-37(44-29-16-8-4-9-17-29,45-30-18-10-5-11-19-30)34(43-28)39-25-24-33(40)38-35(39)41/h4-25,28,34H,26-27H2,1-3H3,(H,38,40,41)/t28-,34+/m0/s1. The number of ether oxygens (including phenoxy) is 1. The fraction of sp³-hybridized carbons (Fsp3) is 0.243. The summed E-state index contributed by atoms with van der Waals surface area (Å²) in [5.74, 6) is 0. The van der Waals surface area contributed by atoms with Crippen molar-refractivity contribution in [3.63, 3.8) is 0 Å². The van der Waals surface area contributed by atoms with Gasteiger partial charge >= 0.3 is 5.69 Å². The highest BCUT2D eigenvalue weighted by atomic mass is 32.2. The minimum Gasteiger partial charge on any atom is -0.405 e. The fourth-order valence-electron chi connectivity index (χ4n) is 6.30. The van der Waals surface area contributed by atoms with Gasteiger partial charge in [0.15, 0.2) is 6.23 Å². The molecule has 1 aromatic heterocycles. The van der Waals surface area contributed by atoms with Crippen LogP contribution in [0.5, 0.6) is 0 Å². The maximum absolute atomic E-state index is 13.3. The lowest BCUT2D eigenvalue weighted by Crippen LogP contribution is -2.67. The molecule has 0 amide bonds. The van der Waals surface area contributed by atoms with Gasteiger partial charge in [0, 0.05) is 28.5 Å². The Balaban J connectivity index is 1.44. The van der Waals surface area contributed by atoms with Gasteiger partial charge in [-0.3, -0.25) is 14.3 Å². The van der Waals surface area contributed by atoms with Gasteiger partial charge in [-0.1, -0.05) is 118 Å². The molecule has 0 spiro atoms. The van der Waals surface area contributed by atoms with Crippen LogP contribution >= 0.6 is 23.5 Å². The second kappa shape index (κ2) is 13.6. The smallest absolute Gasteiger partial charge is 0.330 e. The number of benzene rings is 4. The molecule has 0 saturated carbocycles. The lowest BCUT2D eigenvalue weighted by atomic mass is 10.2. The molecule has 1 aliphatic heterocycles. The zero-order valence-corrected chi connectivity index (χ0v) is 28.8. The molecule has 1 fully saturated rings. The summed E-state index contributed by atoms with van der Waals surface area (Å²) in [4.78, 5) is 30.0. The van der Waals surface area contributed by atoms with Gasteiger partial charge in [0.25, 0.3) is 13.9 Å². The third kappa shape index (κ3) is 6.61. The van der Waals surface area contributed by atoms with Gasteiger partial charge in [-0.25, -0.2) is 4.79 Å². The molecule has 9 heteroatoms. The van der Waals surface area contributed by atoms with E-state index >= 15 is 0 Å². The van der Waals surface area contributed by atoms with Crippen molar-refractivity contribution in [2.45, 2.75) is 58.4 Å². The molecule has 0 unspecified atom stereocenters. The normalized spacial score (nSPS) is 18.0. The first kappa shape index (κ1) is 32.3. The molecule has 0 bridgehead atoms. The van der Waals surface area contributed by atoms with Crippen molar-refractivity contribution < 1.29 is 9.16 Å². The molecule has 6 nitrogen and oxygen atoms in total. The summed E-state index contributed by atoms with van der Waals surface area (Å²) in [7, 11) is -2.84. The van der Waals surface area contributed by atoms with E-state index in [2.05, 4.69) is 98.6 Å². The largest absolute Gasteiger partial charge is 0.405 e. The van der Waals surface area contributed by atoms with E-state index in [1.54, 1.807) is 29.7 Å². The summed E-state index contributed by atoms with van der Waals surface area (Å²) in [6.07, 6.45) is 1.11. The molecule has 236 valence electrons. The van der Waals surface area contributed by atoms with Crippen molar-refractivity contribution in [2.75, 3.05) is 6.61 Å². The van der Waals surface area contributed by atoms with Crippen molar-refractivity contribution in [3.05, 3.63) is 154 Å². The monoisotopic (exact) mass is 666 g/mol. The average molecular weight is 667 g/mol. The van der Waals surface area contributed by atoms with Gasteiger partial charge in [0.05, 0.1) is 12.7 Å². The molecule has 4 aromatic carbocycles. The predicted molar refractivity (Wildman–Crippen MR) is 191 cm³/mol. The number of hydrogen-bond donors (Lipinski definition) is 1. The number of thioether (sulfide) groups is 2. The SMILES string of the molecule is CC(C)(C)[Si](OC[C@@H]1CC(Sc2ccccc2)(Sc2ccccc2)[C@H](n2ccc(=O)[nH]c2=O)O1)(c1ccccc1)c1ccccc1. The molecule has 2 atom stereocenters. The Morgan fingerprint density at radius 1 is 0.783 bits per heavy atom. The number of nitrogens with one attached hydrogen (secondary N) is 1. The van der Waals surface area contributed by atoms with Crippen LogP contribution in [0.2, 0.25) is 5.04 Å². The van der Waals surface area contributed by atoms with Crippen molar-refractivity contribution in [1.29, 1.82) is 0 Å². The summed E-state index contributed by atoms with van der Waals surface area (Å²) < 4.78 is 15.1. The second-order valence-electron chi connectivity index (χ2n) is 12.4. The van der Waals surface area contributed by atoms with E-state index in [-0.39, 0.29) is 11.1 Å². The van der Waals surface area contributed by atoms with E-state index in [0.717, 1.165) is 9.79 Å². The zero-order chi connectivity index (χ0) is 32.2. The Morgan fingerprint density at radius 2 is 1.26 bits per heavy atom. The van der Waals surface area contributed by atoms with E-state index in [1.165, 1.54) is 21.0 Å². The van der Waals surface area contributed by atoms with E-state index in [9.17, 15) is 9.59 Å². The maximum Gasteiger partial charge on any atom is 0.330 e. The molecule has 6 rings (SSSR count). The Morgan fingerprint density at radius 3 is 1.72 bits per heavy atom. The highest BCUT2D eigenvalue weighted by molar-refractivity contribution is 8.18. The van der Waals surface area contributed by atoms with Gasteiger partial charge < -0.3 is 9.16 Å². The van der Waals surface area contributed by atoms with Gasteiger partial charge in [0.1, 0.15) is 4.08 Å². The predicted octanol–water partition coefficient (Wildman–Crippen LogP) is 6.68. The number of aromatic amines is 1. The quantitative estimate of drug-likeness (QED) is 0.133. The highest BCUT2D eigenvalue weighted by Crippen LogP contribution is 2.59. The van der Waals surface area contributed by atoms with Crippen molar-refractivity contribution in [3.8, 4) is 0 Å². The van der Waals surface area contributed by atoms with Crippen LogP contribution < -0.4 is 21.6 Å². The van der Waals surface area contributed by atoms with Crippen molar-refractivity contribution in [1.82, 2.24) is 9.55 Å². The Hall–Kier alpha value is -3.60. The molecular formula is C37H38N2O4S2Si. The molecule has 2 heterocycles. The van der Waals surface area contributed by atoms with E-state index in [4.69, 9.17) is 9.16 Å². The van der Waals surface area contributed by atoms with Gasteiger partial charge in [-0.2, -0.15) is 0 Å². The summed E-state index contributed by atoms with van der Waals surface area (Å²) in [5, 5.41) is 2.20. The van der Waals surface area contributed by atoms with E-state index < -0.39 is 29.9 Å². The van der Waals surface area contributed by atoms with Gasteiger partial charge in [-0.15, -0.1) is 23.5 Å². The van der Waals surface area contributed by atoms with Crippen LogP contribution in [-0.4, -0.2) is 34.7 Å². The van der Waals surface area contributed by atoms with Crippen LogP contribution in [0.25, 0.3) is 0 Å². The van der Waals surface area contributed by atoms with Crippen LogP contribution in [0.1, 0.15) is 33.4 Å². The first-order valence-corrected chi connectivity index (χ1v) is 18.9. The Kier molecular flexibility index (Phi) is 9.58. The molecule has 0 radical (unpaired) electrons. The topological polar surface area (TPSA) is 73.3 Å². The summed E-state index contributed by atoms with van der Waals surface area (Å²) in [5.41, 5.74) is -0.944. The lowest BCUT2D eigenvalue weighted by molar-refractivity contribution is -0.0223. The molecule has 5 aromatic rings. The lowest BCUT2D eigenvalue weighted by Gasteiger charge is -2.43. The minimum atomic E-state index is -2.84. The highest BCUT2D eigenvalue weighted by Gasteiger charge is 2.55. The summed E-state index contributed by atoms with van der Waals surface area (Å²) in [6, 6.07) is 42.9. The third-order valence-electron chi connectivity index (χ3n) is 8.28. The fourth-order valence-corrected chi connectivity index (χ4v) is 14.1. The number of hydrogen-bond acceptors (Lipinski definition) is 6. The molecule has 1 aliphatic rings.